The van der Waals surface area contributed by atoms with E-state index in [1.54, 1.807) is 0 Å². The number of ether oxygens (including phenoxy) is 3. The highest BCUT2D eigenvalue weighted by Gasteiger charge is 2.35. The van der Waals surface area contributed by atoms with Crippen molar-refractivity contribution >= 4 is 0 Å². The van der Waals surface area contributed by atoms with E-state index in [0.717, 1.165) is 18.4 Å². The standard InChI is InChI=1S/C15H24O4/c1-5-6-11-14(16)12-9-7-8-10-13(12)15(17-2,18-3)19-4/h7-10,14,16H,5-6,11H2,1-4H3/t14-/m1/s1. The van der Waals surface area contributed by atoms with E-state index >= 15 is 0 Å². The molecular formula is C15H24O4. The highest BCUT2D eigenvalue weighted by Crippen LogP contribution is 2.34. The molecule has 0 saturated heterocycles. The first-order valence-corrected chi connectivity index (χ1v) is 6.58. The lowest BCUT2D eigenvalue weighted by atomic mass is 9.97. The average Bonchev–Trinajstić information content (AvgIpc) is 2.47. The van der Waals surface area contributed by atoms with E-state index in [1.807, 2.05) is 24.3 Å². The number of unbranched alkanes of at least 4 members (excludes halogenated alkanes) is 1. The van der Waals surface area contributed by atoms with Gasteiger partial charge in [-0.05, 0) is 12.0 Å². The Labute approximate surface area is 115 Å². The smallest absolute Gasteiger partial charge is 0.311 e. The molecule has 1 aromatic rings. The predicted molar refractivity (Wildman–Crippen MR) is 73.6 cm³/mol. The number of hydrogen-bond donors (Lipinski definition) is 1. The number of benzene rings is 1. The molecule has 108 valence electrons. The normalized spacial score (nSPS) is 13.5. The van der Waals surface area contributed by atoms with Crippen LogP contribution in [0.1, 0.15) is 43.4 Å². The lowest BCUT2D eigenvalue weighted by Crippen LogP contribution is -2.34. The van der Waals surface area contributed by atoms with Gasteiger partial charge in [0.2, 0.25) is 0 Å². The van der Waals surface area contributed by atoms with Crippen LogP contribution < -0.4 is 0 Å². The lowest BCUT2D eigenvalue weighted by Gasteiger charge is -2.31. The zero-order chi connectivity index (χ0) is 14.3. The fourth-order valence-corrected chi connectivity index (χ4v) is 2.20. The van der Waals surface area contributed by atoms with Gasteiger partial charge in [-0.2, -0.15) is 0 Å². The number of methoxy groups -OCH3 is 3. The highest BCUT2D eigenvalue weighted by molar-refractivity contribution is 5.31. The van der Waals surface area contributed by atoms with Gasteiger partial charge in [-0.3, -0.25) is 0 Å². The summed E-state index contributed by atoms with van der Waals surface area (Å²) in [5.74, 6) is -1.27. The Morgan fingerprint density at radius 2 is 1.68 bits per heavy atom. The summed E-state index contributed by atoms with van der Waals surface area (Å²) in [7, 11) is 4.55. The van der Waals surface area contributed by atoms with Crippen LogP contribution in [0.2, 0.25) is 0 Å². The molecule has 4 nitrogen and oxygen atoms in total. The number of hydrogen-bond acceptors (Lipinski definition) is 4. The van der Waals surface area contributed by atoms with Crippen LogP contribution in [0, 0.1) is 0 Å². The van der Waals surface area contributed by atoms with E-state index < -0.39 is 12.1 Å². The Bertz CT molecular complexity index is 366. The van der Waals surface area contributed by atoms with Gasteiger partial charge in [-0.1, -0.05) is 44.0 Å². The first-order valence-electron chi connectivity index (χ1n) is 6.58. The molecule has 0 aromatic heterocycles. The maximum absolute atomic E-state index is 10.3. The number of rotatable bonds is 8. The van der Waals surface area contributed by atoms with Crippen molar-refractivity contribution in [1.29, 1.82) is 0 Å². The Hall–Kier alpha value is -0.940. The van der Waals surface area contributed by atoms with Gasteiger partial charge in [0.25, 0.3) is 0 Å². The Balaban J connectivity index is 3.13. The molecule has 0 bridgehead atoms. The van der Waals surface area contributed by atoms with Crippen LogP contribution in [-0.4, -0.2) is 26.4 Å². The van der Waals surface area contributed by atoms with Crippen LogP contribution in [0.5, 0.6) is 0 Å². The van der Waals surface area contributed by atoms with Crippen molar-refractivity contribution in [1.82, 2.24) is 0 Å². The minimum atomic E-state index is -1.27. The van der Waals surface area contributed by atoms with Gasteiger partial charge in [0.15, 0.2) is 0 Å². The molecule has 0 radical (unpaired) electrons. The van der Waals surface area contributed by atoms with Gasteiger partial charge in [0, 0.05) is 26.9 Å². The van der Waals surface area contributed by atoms with Gasteiger partial charge in [-0.25, -0.2) is 0 Å². The van der Waals surface area contributed by atoms with Crippen molar-refractivity contribution < 1.29 is 19.3 Å². The molecule has 0 saturated carbocycles. The van der Waals surface area contributed by atoms with E-state index in [4.69, 9.17) is 14.2 Å². The van der Waals surface area contributed by atoms with Gasteiger partial charge in [0.05, 0.1) is 6.10 Å². The van der Waals surface area contributed by atoms with E-state index in [2.05, 4.69) is 6.92 Å². The minimum absolute atomic E-state index is 0.545. The summed E-state index contributed by atoms with van der Waals surface area (Å²) in [6, 6.07) is 7.49. The fraction of sp³-hybridized carbons (Fsp3) is 0.600. The summed E-state index contributed by atoms with van der Waals surface area (Å²) in [4.78, 5) is 0. The summed E-state index contributed by atoms with van der Waals surface area (Å²) < 4.78 is 16.1. The molecule has 1 atom stereocenters. The fourth-order valence-electron chi connectivity index (χ4n) is 2.20. The third-order valence-electron chi connectivity index (χ3n) is 3.29. The van der Waals surface area contributed by atoms with Crippen molar-refractivity contribution in [2.45, 2.75) is 38.3 Å². The molecule has 4 heteroatoms. The molecule has 19 heavy (non-hydrogen) atoms. The average molecular weight is 268 g/mol. The van der Waals surface area contributed by atoms with Gasteiger partial charge in [-0.15, -0.1) is 0 Å². The minimum Gasteiger partial charge on any atom is -0.388 e. The van der Waals surface area contributed by atoms with Crippen molar-refractivity contribution in [3.05, 3.63) is 35.4 Å². The molecule has 1 N–H and O–H groups in total. The van der Waals surface area contributed by atoms with E-state index in [-0.39, 0.29) is 0 Å². The van der Waals surface area contributed by atoms with Crippen LogP contribution in [0.25, 0.3) is 0 Å². The van der Waals surface area contributed by atoms with Crippen molar-refractivity contribution in [3.63, 3.8) is 0 Å². The molecule has 0 spiro atoms. The predicted octanol–water partition coefficient (Wildman–Crippen LogP) is 2.96. The van der Waals surface area contributed by atoms with Crippen LogP contribution >= 0.6 is 0 Å². The molecule has 0 aliphatic heterocycles. The van der Waals surface area contributed by atoms with E-state index in [0.29, 0.717) is 12.0 Å². The lowest BCUT2D eigenvalue weighted by molar-refractivity contribution is -0.365. The van der Waals surface area contributed by atoms with Crippen molar-refractivity contribution in [3.8, 4) is 0 Å². The topological polar surface area (TPSA) is 47.9 Å². The number of aliphatic hydroxyl groups excluding tert-OH is 1. The molecule has 0 aliphatic rings. The third kappa shape index (κ3) is 3.54. The first-order chi connectivity index (χ1) is 9.15. The van der Waals surface area contributed by atoms with Crippen molar-refractivity contribution in [2.75, 3.05) is 21.3 Å². The maximum atomic E-state index is 10.3. The summed E-state index contributed by atoms with van der Waals surface area (Å²) in [6.45, 7) is 2.10. The molecule has 0 amide bonds. The van der Waals surface area contributed by atoms with Crippen LogP contribution in [0.15, 0.2) is 24.3 Å². The molecule has 0 aliphatic carbocycles. The maximum Gasteiger partial charge on any atom is 0.311 e. The van der Waals surface area contributed by atoms with Gasteiger partial charge in [0.1, 0.15) is 0 Å². The molecule has 1 rings (SSSR count). The second-order valence-corrected chi connectivity index (χ2v) is 4.41. The van der Waals surface area contributed by atoms with E-state index in [9.17, 15) is 5.11 Å². The zero-order valence-electron chi connectivity index (χ0n) is 12.2. The third-order valence-corrected chi connectivity index (χ3v) is 3.29. The molecule has 1 aromatic carbocycles. The van der Waals surface area contributed by atoms with Gasteiger partial charge >= 0.3 is 5.97 Å². The summed E-state index contributed by atoms with van der Waals surface area (Å²) in [5, 5.41) is 10.3. The van der Waals surface area contributed by atoms with Crippen LogP contribution in [0.3, 0.4) is 0 Å². The largest absolute Gasteiger partial charge is 0.388 e. The monoisotopic (exact) mass is 268 g/mol. The van der Waals surface area contributed by atoms with E-state index in [1.165, 1.54) is 21.3 Å². The number of aliphatic hydroxyl groups is 1. The SMILES string of the molecule is CCCC[C@@H](O)c1ccccc1C(OC)(OC)OC. The Kier molecular flexibility index (Phi) is 6.45. The Morgan fingerprint density at radius 3 is 2.21 bits per heavy atom. The van der Waals surface area contributed by atoms with Crippen LogP contribution in [0.4, 0.5) is 0 Å². The Morgan fingerprint density at radius 1 is 1.11 bits per heavy atom. The quantitative estimate of drug-likeness (QED) is 0.736. The second-order valence-electron chi connectivity index (χ2n) is 4.41. The summed E-state index contributed by atoms with van der Waals surface area (Å²) in [6.07, 6.45) is 2.18. The molecule has 0 heterocycles. The first kappa shape index (κ1) is 16.1. The van der Waals surface area contributed by atoms with Crippen LogP contribution in [-0.2, 0) is 20.2 Å². The van der Waals surface area contributed by atoms with Gasteiger partial charge < -0.3 is 19.3 Å². The molecule has 0 fully saturated rings. The molecule has 0 unspecified atom stereocenters. The molecular weight excluding hydrogens is 244 g/mol. The summed E-state index contributed by atoms with van der Waals surface area (Å²) in [5.41, 5.74) is 1.48. The van der Waals surface area contributed by atoms with Crippen molar-refractivity contribution in [2.24, 2.45) is 0 Å². The second kappa shape index (κ2) is 7.60. The summed E-state index contributed by atoms with van der Waals surface area (Å²) >= 11 is 0. The zero-order valence-corrected chi connectivity index (χ0v) is 12.2. The highest BCUT2D eigenvalue weighted by atomic mass is 16.9.